The summed E-state index contributed by atoms with van der Waals surface area (Å²) >= 11 is 1.49. The van der Waals surface area contributed by atoms with Crippen LogP contribution in [0.1, 0.15) is 40.7 Å². The minimum atomic E-state index is -3.26. The highest BCUT2D eigenvalue weighted by Crippen LogP contribution is 2.24. The van der Waals surface area contributed by atoms with Crippen LogP contribution in [0.15, 0.2) is 12.1 Å². The first-order chi connectivity index (χ1) is 12.4. The molecule has 0 radical (unpaired) electrons. The molecule has 8 heteroatoms. The average Bonchev–Trinajstić information content (AvgIpc) is 3.03. The summed E-state index contributed by atoms with van der Waals surface area (Å²) in [5.41, 5.74) is 0. The molecule has 0 aliphatic carbocycles. The molecule has 1 aromatic heterocycles. The van der Waals surface area contributed by atoms with Gasteiger partial charge in [0, 0.05) is 31.1 Å². The molecule has 1 amide bonds. The molecule has 0 atom stereocenters. The van der Waals surface area contributed by atoms with Gasteiger partial charge in [0.25, 0.3) is 5.91 Å². The van der Waals surface area contributed by atoms with E-state index in [4.69, 9.17) is 0 Å². The van der Waals surface area contributed by atoms with Gasteiger partial charge in [-0.25, -0.2) is 8.42 Å². The summed E-state index contributed by atoms with van der Waals surface area (Å²) in [6.07, 6.45) is 3.67. The third kappa shape index (κ3) is 4.47. The third-order valence-corrected chi connectivity index (χ3v) is 8.23. The van der Waals surface area contributed by atoms with Gasteiger partial charge < -0.3 is 9.80 Å². The van der Waals surface area contributed by atoms with Crippen molar-refractivity contribution in [3.8, 4) is 0 Å². The van der Waals surface area contributed by atoms with E-state index in [1.54, 1.807) is 16.1 Å². The number of carbonyl (C=O) groups excluding carboxylic acids is 1. The summed E-state index contributed by atoms with van der Waals surface area (Å²) in [5, 5.41) is 0. The topological polar surface area (TPSA) is 60.9 Å². The zero-order chi connectivity index (χ0) is 18.7. The molecule has 146 valence electrons. The maximum Gasteiger partial charge on any atom is 0.264 e. The lowest BCUT2D eigenvalue weighted by molar-refractivity contribution is 0.0441. The Morgan fingerprint density at radius 2 is 1.92 bits per heavy atom. The van der Waals surface area contributed by atoms with Crippen LogP contribution in [0.3, 0.4) is 0 Å². The fourth-order valence-electron chi connectivity index (χ4n) is 3.65. The SMILES string of the molecule is CCS(=O)(=O)N(CCN1CCCCC1)C1CN(C(=O)c2ccc(C)s2)C1. The van der Waals surface area contributed by atoms with Gasteiger partial charge in [0.15, 0.2) is 0 Å². The van der Waals surface area contributed by atoms with E-state index in [9.17, 15) is 13.2 Å². The number of nitrogens with zero attached hydrogens (tertiary/aromatic N) is 3. The van der Waals surface area contributed by atoms with Crippen LogP contribution in [0.2, 0.25) is 0 Å². The molecule has 1 aromatic rings. The summed E-state index contributed by atoms with van der Waals surface area (Å²) < 4.78 is 26.8. The molecule has 2 fully saturated rings. The van der Waals surface area contributed by atoms with Gasteiger partial charge >= 0.3 is 0 Å². The Balaban J connectivity index is 1.59. The second-order valence-corrected chi connectivity index (χ2v) is 10.7. The quantitative estimate of drug-likeness (QED) is 0.704. The van der Waals surface area contributed by atoms with Crippen LogP contribution in [-0.4, -0.2) is 79.5 Å². The number of thiophene rings is 1. The van der Waals surface area contributed by atoms with Crippen LogP contribution in [0.25, 0.3) is 0 Å². The minimum Gasteiger partial charge on any atom is -0.335 e. The van der Waals surface area contributed by atoms with E-state index in [1.807, 2.05) is 19.1 Å². The summed E-state index contributed by atoms with van der Waals surface area (Å²) in [4.78, 5) is 18.5. The lowest BCUT2D eigenvalue weighted by Gasteiger charge is -2.45. The number of piperidine rings is 1. The minimum absolute atomic E-state index is 0.0178. The zero-order valence-electron chi connectivity index (χ0n) is 15.7. The maximum absolute atomic E-state index is 12.6. The van der Waals surface area contributed by atoms with E-state index in [2.05, 4.69) is 4.90 Å². The van der Waals surface area contributed by atoms with Gasteiger partial charge in [-0.15, -0.1) is 11.3 Å². The Bertz CT molecular complexity index is 720. The largest absolute Gasteiger partial charge is 0.335 e. The molecule has 2 aliphatic heterocycles. The Labute approximate surface area is 160 Å². The van der Waals surface area contributed by atoms with Crippen molar-refractivity contribution in [3.63, 3.8) is 0 Å². The van der Waals surface area contributed by atoms with Crippen LogP contribution in [0, 0.1) is 6.92 Å². The molecule has 0 spiro atoms. The number of sulfonamides is 1. The zero-order valence-corrected chi connectivity index (χ0v) is 17.3. The monoisotopic (exact) mass is 399 g/mol. The van der Waals surface area contributed by atoms with Crippen molar-refractivity contribution in [2.45, 2.75) is 39.2 Å². The van der Waals surface area contributed by atoms with Crippen molar-refractivity contribution in [2.75, 3.05) is 45.0 Å². The van der Waals surface area contributed by atoms with Crippen molar-refractivity contribution in [3.05, 3.63) is 21.9 Å². The number of amides is 1. The number of likely N-dealkylation sites (tertiary alicyclic amines) is 2. The molecule has 26 heavy (non-hydrogen) atoms. The van der Waals surface area contributed by atoms with Crippen molar-refractivity contribution < 1.29 is 13.2 Å². The van der Waals surface area contributed by atoms with Crippen molar-refractivity contribution in [1.29, 1.82) is 0 Å². The van der Waals surface area contributed by atoms with Crippen LogP contribution in [-0.2, 0) is 10.0 Å². The highest BCUT2D eigenvalue weighted by Gasteiger charge is 2.40. The van der Waals surface area contributed by atoms with Crippen molar-refractivity contribution in [1.82, 2.24) is 14.1 Å². The van der Waals surface area contributed by atoms with E-state index >= 15 is 0 Å². The van der Waals surface area contributed by atoms with E-state index in [1.165, 1.54) is 30.6 Å². The molecule has 3 heterocycles. The first-order valence-corrected chi connectivity index (χ1v) is 11.9. The van der Waals surface area contributed by atoms with Crippen LogP contribution >= 0.6 is 11.3 Å². The molecular formula is C18H29N3O3S2. The number of hydrogen-bond acceptors (Lipinski definition) is 5. The molecule has 0 saturated carbocycles. The van der Waals surface area contributed by atoms with Gasteiger partial charge in [0.2, 0.25) is 10.0 Å². The lowest BCUT2D eigenvalue weighted by Crippen LogP contribution is -2.63. The van der Waals surface area contributed by atoms with Gasteiger partial charge in [-0.1, -0.05) is 6.42 Å². The fraction of sp³-hybridized carbons (Fsp3) is 0.722. The third-order valence-electron chi connectivity index (χ3n) is 5.32. The number of carbonyl (C=O) groups is 1. The summed E-state index contributed by atoms with van der Waals surface area (Å²) in [6, 6.07) is 3.71. The Morgan fingerprint density at radius 3 is 2.50 bits per heavy atom. The van der Waals surface area contributed by atoms with E-state index < -0.39 is 10.0 Å². The molecule has 6 nitrogen and oxygen atoms in total. The Kier molecular flexibility index (Phi) is 6.37. The predicted octanol–water partition coefficient (Wildman–Crippen LogP) is 2.02. The molecule has 2 saturated heterocycles. The first kappa shape index (κ1) is 19.8. The first-order valence-electron chi connectivity index (χ1n) is 9.48. The number of aryl methyl sites for hydroxylation is 1. The molecule has 0 bridgehead atoms. The number of hydrogen-bond donors (Lipinski definition) is 0. The molecule has 0 N–H and O–H groups in total. The second kappa shape index (κ2) is 8.37. The summed E-state index contributed by atoms with van der Waals surface area (Å²) in [6.45, 7) is 8.11. The molecule has 0 unspecified atom stereocenters. The van der Waals surface area contributed by atoms with Crippen LogP contribution in [0.4, 0.5) is 0 Å². The highest BCUT2D eigenvalue weighted by molar-refractivity contribution is 7.89. The van der Waals surface area contributed by atoms with Gasteiger partial charge in [-0.3, -0.25) is 4.79 Å². The summed E-state index contributed by atoms with van der Waals surface area (Å²) in [7, 11) is -3.26. The van der Waals surface area contributed by atoms with Crippen molar-refractivity contribution in [2.24, 2.45) is 0 Å². The normalized spacial score (nSPS) is 19.7. The summed E-state index contributed by atoms with van der Waals surface area (Å²) in [5.74, 6) is 0.130. The van der Waals surface area contributed by atoms with E-state index in [0.717, 1.165) is 29.4 Å². The standard InChI is InChI=1S/C18H29N3O3S2/c1-3-26(23,24)21(12-11-19-9-5-4-6-10-19)16-13-20(14-16)18(22)17-8-7-15(2)25-17/h7-8,16H,3-6,9-14H2,1-2H3. The van der Waals surface area contributed by atoms with Crippen LogP contribution < -0.4 is 0 Å². The second-order valence-electron chi connectivity index (χ2n) is 7.19. The molecule has 0 aromatic carbocycles. The van der Waals surface area contributed by atoms with Gasteiger partial charge in [-0.05, 0) is 51.9 Å². The smallest absolute Gasteiger partial charge is 0.264 e. The van der Waals surface area contributed by atoms with Crippen LogP contribution in [0.5, 0.6) is 0 Å². The number of rotatable bonds is 7. The maximum atomic E-state index is 12.6. The van der Waals surface area contributed by atoms with E-state index in [-0.39, 0.29) is 17.7 Å². The van der Waals surface area contributed by atoms with Gasteiger partial charge in [0.1, 0.15) is 0 Å². The van der Waals surface area contributed by atoms with Gasteiger partial charge in [0.05, 0.1) is 16.7 Å². The van der Waals surface area contributed by atoms with E-state index in [0.29, 0.717) is 19.6 Å². The van der Waals surface area contributed by atoms with Gasteiger partial charge in [-0.2, -0.15) is 4.31 Å². The average molecular weight is 400 g/mol. The Hall–Kier alpha value is -0.960. The fourth-order valence-corrected chi connectivity index (χ4v) is 5.76. The Morgan fingerprint density at radius 1 is 1.23 bits per heavy atom. The molecule has 2 aliphatic rings. The lowest BCUT2D eigenvalue weighted by atomic mass is 10.1. The predicted molar refractivity (Wildman–Crippen MR) is 105 cm³/mol. The molecular weight excluding hydrogens is 370 g/mol. The molecule has 3 rings (SSSR count). The van der Waals surface area contributed by atoms with Crippen molar-refractivity contribution >= 4 is 27.3 Å². The highest BCUT2D eigenvalue weighted by atomic mass is 32.2.